The number of ketones is 1. The van der Waals surface area contributed by atoms with Gasteiger partial charge in [-0.2, -0.15) is 0 Å². The van der Waals surface area contributed by atoms with E-state index in [-0.39, 0.29) is 5.92 Å². The summed E-state index contributed by atoms with van der Waals surface area (Å²) in [5.74, 6) is 1.22. The average molecular weight is 267 g/mol. The van der Waals surface area contributed by atoms with Crippen molar-refractivity contribution in [2.24, 2.45) is 11.8 Å². The largest absolute Gasteiger partial charge is 0.299 e. The monoisotopic (exact) mass is 266 g/mol. The SMILES string of the molecule is CC1C(=O)CCC1Cc1ccccc1Br. The first kappa shape index (κ1) is 10.9. The molecule has 2 atom stereocenters. The standard InChI is InChI=1S/C13H15BrO/c1-9-10(6-7-13(9)15)8-11-4-2-3-5-12(11)14/h2-5,9-10H,6-8H2,1H3. The van der Waals surface area contributed by atoms with Crippen LogP contribution in [0.4, 0.5) is 0 Å². The van der Waals surface area contributed by atoms with Crippen LogP contribution < -0.4 is 0 Å². The Labute approximate surface area is 99.0 Å². The number of rotatable bonds is 2. The molecule has 0 aliphatic heterocycles. The Kier molecular flexibility index (Phi) is 3.25. The minimum absolute atomic E-state index is 0.247. The molecule has 1 aromatic carbocycles. The zero-order valence-corrected chi connectivity index (χ0v) is 10.5. The van der Waals surface area contributed by atoms with Crippen molar-refractivity contribution < 1.29 is 4.79 Å². The number of benzene rings is 1. The van der Waals surface area contributed by atoms with E-state index >= 15 is 0 Å². The van der Waals surface area contributed by atoms with E-state index in [1.54, 1.807) is 0 Å². The second-order valence-corrected chi connectivity index (χ2v) is 5.20. The molecule has 0 spiro atoms. The lowest BCUT2D eigenvalue weighted by Gasteiger charge is -2.14. The van der Waals surface area contributed by atoms with Gasteiger partial charge in [0.25, 0.3) is 0 Å². The predicted octanol–water partition coefficient (Wildman–Crippen LogP) is 3.61. The minimum Gasteiger partial charge on any atom is -0.299 e. The molecule has 0 heterocycles. The van der Waals surface area contributed by atoms with Crippen molar-refractivity contribution >= 4 is 21.7 Å². The van der Waals surface area contributed by atoms with Gasteiger partial charge in [-0.3, -0.25) is 4.79 Å². The van der Waals surface area contributed by atoms with Crippen LogP contribution in [0, 0.1) is 11.8 Å². The highest BCUT2D eigenvalue weighted by Crippen LogP contribution is 2.32. The lowest BCUT2D eigenvalue weighted by Crippen LogP contribution is -2.12. The Balaban J connectivity index is 2.10. The van der Waals surface area contributed by atoms with E-state index in [0.717, 1.165) is 23.7 Å². The topological polar surface area (TPSA) is 17.1 Å². The molecule has 0 radical (unpaired) electrons. The van der Waals surface area contributed by atoms with E-state index in [0.29, 0.717) is 11.7 Å². The minimum atomic E-state index is 0.247. The summed E-state index contributed by atoms with van der Waals surface area (Å²) >= 11 is 3.55. The first-order chi connectivity index (χ1) is 7.18. The molecule has 2 unspecified atom stereocenters. The fourth-order valence-corrected chi connectivity index (χ4v) is 2.74. The van der Waals surface area contributed by atoms with E-state index in [2.05, 4.69) is 41.1 Å². The van der Waals surface area contributed by atoms with Crippen LogP contribution in [0.15, 0.2) is 28.7 Å². The van der Waals surface area contributed by atoms with E-state index in [9.17, 15) is 4.79 Å². The highest BCUT2D eigenvalue weighted by atomic mass is 79.9. The predicted molar refractivity (Wildman–Crippen MR) is 64.7 cm³/mol. The van der Waals surface area contributed by atoms with Crippen molar-refractivity contribution in [3.05, 3.63) is 34.3 Å². The van der Waals surface area contributed by atoms with Crippen LogP contribution in [0.2, 0.25) is 0 Å². The van der Waals surface area contributed by atoms with Gasteiger partial charge in [0.1, 0.15) is 5.78 Å². The summed E-state index contributed by atoms with van der Waals surface area (Å²) < 4.78 is 1.16. The summed E-state index contributed by atoms with van der Waals surface area (Å²) in [5, 5.41) is 0. The average Bonchev–Trinajstić information content (AvgIpc) is 2.53. The zero-order valence-electron chi connectivity index (χ0n) is 8.87. The molecule has 1 saturated carbocycles. The summed E-state index contributed by atoms with van der Waals surface area (Å²) in [6, 6.07) is 8.29. The number of carbonyl (C=O) groups excluding carboxylic acids is 1. The molecule has 1 fully saturated rings. The number of hydrogen-bond acceptors (Lipinski definition) is 1. The third-order valence-corrected chi connectivity index (χ3v) is 4.19. The van der Waals surface area contributed by atoms with Crippen molar-refractivity contribution in [1.29, 1.82) is 0 Å². The Morgan fingerprint density at radius 3 is 2.73 bits per heavy atom. The van der Waals surface area contributed by atoms with Crippen molar-refractivity contribution in [3.8, 4) is 0 Å². The molecule has 15 heavy (non-hydrogen) atoms. The molecule has 1 nitrogen and oxygen atoms in total. The lowest BCUT2D eigenvalue weighted by atomic mass is 9.91. The van der Waals surface area contributed by atoms with E-state index in [1.165, 1.54) is 5.56 Å². The molecule has 2 heteroatoms. The molecule has 0 amide bonds. The lowest BCUT2D eigenvalue weighted by molar-refractivity contribution is -0.120. The molecule has 80 valence electrons. The quantitative estimate of drug-likeness (QED) is 0.800. The Hall–Kier alpha value is -0.630. The summed E-state index contributed by atoms with van der Waals surface area (Å²) in [4.78, 5) is 11.4. The van der Waals surface area contributed by atoms with Crippen LogP contribution in [0.5, 0.6) is 0 Å². The molecule has 2 rings (SSSR count). The van der Waals surface area contributed by atoms with Gasteiger partial charge in [-0.1, -0.05) is 41.1 Å². The Bertz CT molecular complexity index is 373. The summed E-state index contributed by atoms with van der Waals surface area (Å²) in [6.45, 7) is 2.07. The molecule has 0 aromatic heterocycles. The van der Waals surface area contributed by atoms with Crippen molar-refractivity contribution in [1.82, 2.24) is 0 Å². The number of Topliss-reactive ketones (excluding diaryl/α,β-unsaturated/α-hetero) is 1. The van der Waals surface area contributed by atoms with Crippen molar-refractivity contribution in [2.45, 2.75) is 26.2 Å². The van der Waals surface area contributed by atoms with Gasteiger partial charge >= 0.3 is 0 Å². The normalized spacial score (nSPS) is 25.9. The fourth-order valence-electron chi connectivity index (χ4n) is 2.29. The molecule has 0 bridgehead atoms. The zero-order chi connectivity index (χ0) is 10.8. The molecule has 1 aliphatic carbocycles. The van der Waals surface area contributed by atoms with Crippen LogP contribution in [-0.2, 0) is 11.2 Å². The van der Waals surface area contributed by atoms with Gasteiger partial charge in [0.15, 0.2) is 0 Å². The van der Waals surface area contributed by atoms with Gasteiger partial charge in [-0.05, 0) is 30.4 Å². The van der Waals surface area contributed by atoms with Gasteiger partial charge in [0.05, 0.1) is 0 Å². The van der Waals surface area contributed by atoms with Gasteiger partial charge < -0.3 is 0 Å². The van der Waals surface area contributed by atoms with E-state index in [4.69, 9.17) is 0 Å². The number of halogens is 1. The molecule has 1 aliphatic rings. The third-order valence-electron chi connectivity index (χ3n) is 3.42. The maximum atomic E-state index is 11.4. The maximum Gasteiger partial charge on any atom is 0.135 e. The molecule has 0 saturated heterocycles. The first-order valence-corrected chi connectivity index (χ1v) is 6.24. The molecule has 1 aromatic rings. The van der Waals surface area contributed by atoms with Gasteiger partial charge in [0, 0.05) is 16.8 Å². The van der Waals surface area contributed by atoms with Crippen LogP contribution in [-0.4, -0.2) is 5.78 Å². The van der Waals surface area contributed by atoms with Crippen molar-refractivity contribution in [2.75, 3.05) is 0 Å². The number of hydrogen-bond donors (Lipinski definition) is 0. The fraction of sp³-hybridized carbons (Fsp3) is 0.462. The summed E-state index contributed by atoms with van der Waals surface area (Å²) in [6.07, 6.45) is 2.85. The van der Waals surface area contributed by atoms with Crippen molar-refractivity contribution in [3.63, 3.8) is 0 Å². The first-order valence-electron chi connectivity index (χ1n) is 5.44. The second kappa shape index (κ2) is 4.48. The van der Waals surface area contributed by atoms with Gasteiger partial charge in [-0.25, -0.2) is 0 Å². The third kappa shape index (κ3) is 2.31. The van der Waals surface area contributed by atoms with Crippen LogP contribution in [0.1, 0.15) is 25.3 Å². The Morgan fingerprint density at radius 1 is 1.40 bits per heavy atom. The van der Waals surface area contributed by atoms with Gasteiger partial charge in [-0.15, -0.1) is 0 Å². The summed E-state index contributed by atoms with van der Waals surface area (Å²) in [7, 11) is 0. The van der Waals surface area contributed by atoms with E-state index < -0.39 is 0 Å². The highest BCUT2D eigenvalue weighted by molar-refractivity contribution is 9.10. The van der Waals surface area contributed by atoms with Crippen LogP contribution in [0.3, 0.4) is 0 Å². The smallest absolute Gasteiger partial charge is 0.135 e. The molecular weight excluding hydrogens is 252 g/mol. The Morgan fingerprint density at radius 2 is 2.13 bits per heavy atom. The number of carbonyl (C=O) groups is 1. The molecular formula is C13H15BrO. The van der Waals surface area contributed by atoms with E-state index in [1.807, 2.05) is 6.07 Å². The second-order valence-electron chi connectivity index (χ2n) is 4.35. The highest BCUT2D eigenvalue weighted by Gasteiger charge is 2.30. The maximum absolute atomic E-state index is 11.4. The summed E-state index contributed by atoms with van der Waals surface area (Å²) in [5.41, 5.74) is 1.32. The van der Waals surface area contributed by atoms with Gasteiger partial charge in [0.2, 0.25) is 0 Å². The van der Waals surface area contributed by atoms with Crippen LogP contribution >= 0.6 is 15.9 Å². The molecule has 0 N–H and O–H groups in total. The van der Waals surface area contributed by atoms with Crippen LogP contribution in [0.25, 0.3) is 0 Å².